The summed E-state index contributed by atoms with van der Waals surface area (Å²) >= 11 is 3.40. The molecule has 0 N–H and O–H groups in total. The third-order valence-electron chi connectivity index (χ3n) is 3.91. The van der Waals surface area contributed by atoms with E-state index in [0.717, 1.165) is 51.8 Å². The summed E-state index contributed by atoms with van der Waals surface area (Å²) in [6.45, 7) is 3.90. The van der Waals surface area contributed by atoms with Gasteiger partial charge in [0.2, 0.25) is 6.79 Å². The van der Waals surface area contributed by atoms with E-state index in [1.54, 1.807) is 23.1 Å². The fourth-order valence-electron chi connectivity index (χ4n) is 2.65. The maximum atomic E-state index is 5.80. The lowest BCUT2D eigenvalue weighted by Crippen LogP contribution is -2.01. The van der Waals surface area contributed by atoms with Crippen molar-refractivity contribution in [3.8, 4) is 28.0 Å². The molecule has 26 heavy (non-hydrogen) atoms. The number of ether oxygens (including phenoxy) is 3. The smallest absolute Gasteiger partial charge is 0.231 e. The van der Waals surface area contributed by atoms with E-state index in [1.165, 1.54) is 0 Å². The van der Waals surface area contributed by atoms with E-state index in [1.807, 2.05) is 24.3 Å². The Bertz CT molecular complexity index is 865. The fourth-order valence-corrected chi connectivity index (χ4v) is 4.28. The first-order valence-electron chi connectivity index (χ1n) is 8.47. The van der Waals surface area contributed by atoms with Gasteiger partial charge >= 0.3 is 0 Å². The maximum Gasteiger partial charge on any atom is 0.231 e. The minimum Gasteiger partial charge on any atom is -0.493 e. The summed E-state index contributed by atoms with van der Waals surface area (Å²) in [4.78, 5) is 1.15. The highest BCUT2D eigenvalue weighted by atomic mass is 32.2. The van der Waals surface area contributed by atoms with Crippen LogP contribution >= 0.6 is 23.1 Å². The van der Waals surface area contributed by atoms with E-state index in [4.69, 9.17) is 14.2 Å². The Kier molecular flexibility index (Phi) is 5.31. The van der Waals surface area contributed by atoms with Crippen LogP contribution in [-0.4, -0.2) is 33.9 Å². The molecule has 8 heteroatoms. The Morgan fingerprint density at radius 1 is 1.23 bits per heavy atom. The van der Waals surface area contributed by atoms with Crippen LogP contribution in [-0.2, 0) is 6.54 Å². The van der Waals surface area contributed by atoms with Crippen molar-refractivity contribution in [2.24, 2.45) is 0 Å². The Morgan fingerprint density at radius 2 is 2.15 bits per heavy atom. The molecule has 0 amide bonds. The van der Waals surface area contributed by atoms with Gasteiger partial charge in [0.15, 0.2) is 22.5 Å². The molecular formula is C18H19N3O3S2. The maximum absolute atomic E-state index is 5.80. The van der Waals surface area contributed by atoms with E-state index in [2.05, 4.69) is 33.1 Å². The summed E-state index contributed by atoms with van der Waals surface area (Å²) in [5.41, 5.74) is 0. The Morgan fingerprint density at radius 3 is 3.00 bits per heavy atom. The number of fused-ring (bicyclic) bond motifs is 1. The zero-order chi connectivity index (χ0) is 17.8. The van der Waals surface area contributed by atoms with Gasteiger partial charge in [0.05, 0.1) is 11.5 Å². The fraction of sp³-hybridized carbons (Fsp3) is 0.333. The van der Waals surface area contributed by atoms with Crippen LogP contribution in [0.1, 0.15) is 13.3 Å². The monoisotopic (exact) mass is 389 g/mol. The van der Waals surface area contributed by atoms with Gasteiger partial charge in [-0.1, -0.05) is 17.8 Å². The van der Waals surface area contributed by atoms with Gasteiger partial charge in [-0.25, -0.2) is 0 Å². The lowest BCUT2D eigenvalue weighted by atomic mass is 10.3. The third-order valence-corrected chi connectivity index (χ3v) is 5.83. The van der Waals surface area contributed by atoms with E-state index in [0.29, 0.717) is 6.61 Å². The number of hydrogen-bond acceptors (Lipinski definition) is 7. The molecule has 4 rings (SSSR count). The van der Waals surface area contributed by atoms with Gasteiger partial charge in [-0.15, -0.1) is 21.5 Å². The molecular weight excluding hydrogens is 370 g/mol. The van der Waals surface area contributed by atoms with Crippen molar-refractivity contribution < 1.29 is 14.2 Å². The van der Waals surface area contributed by atoms with Crippen LogP contribution in [0.15, 0.2) is 40.9 Å². The molecule has 136 valence electrons. The van der Waals surface area contributed by atoms with Crippen LogP contribution in [0.5, 0.6) is 17.2 Å². The first-order valence-corrected chi connectivity index (χ1v) is 10.3. The van der Waals surface area contributed by atoms with Crippen molar-refractivity contribution in [2.45, 2.75) is 25.0 Å². The standard InChI is InChI=1S/C18H19N3O3S2/c1-2-21-17(16-5-3-9-25-16)19-20-18(21)26-10-4-8-22-13-6-7-14-15(11-13)24-12-23-14/h3,5-7,9,11H,2,4,8,10,12H2,1H3. The quantitative estimate of drug-likeness (QED) is 0.422. The molecule has 2 aromatic heterocycles. The van der Waals surface area contributed by atoms with Gasteiger partial charge in [-0.05, 0) is 36.9 Å². The van der Waals surface area contributed by atoms with Crippen LogP contribution in [0.4, 0.5) is 0 Å². The van der Waals surface area contributed by atoms with E-state index < -0.39 is 0 Å². The molecule has 0 spiro atoms. The highest BCUT2D eigenvalue weighted by molar-refractivity contribution is 7.99. The molecule has 0 atom stereocenters. The van der Waals surface area contributed by atoms with Gasteiger partial charge < -0.3 is 18.8 Å². The van der Waals surface area contributed by atoms with Crippen molar-refractivity contribution in [3.63, 3.8) is 0 Å². The van der Waals surface area contributed by atoms with Crippen molar-refractivity contribution in [2.75, 3.05) is 19.2 Å². The molecule has 0 unspecified atom stereocenters. The second-order valence-corrected chi connectivity index (χ2v) is 7.60. The molecule has 0 radical (unpaired) electrons. The molecule has 0 aliphatic carbocycles. The first-order chi connectivity index (χ1) is 12.8. The van der Waals surface area contributed by atoms with Crippen LogP contribution in [0.25, 0.3) is 10.7 Å². The minimum atomic E-state index is 0.279. The minimum absolute atomic E-state index is 0.279. The zero-order valence-corrected chi connectivity index (χ0v) is 16.0. The Balaban J connectivity index is 1.27. The average molecular weight is 390 g/mol. The zero-order valence-electron chi connectivity index (χ0n) is 14.4. The lowest BCUT2D eigenvalue weighted by Gasteiger charge is -2.08. The van der Waals surface area contributed by atoms with Crippen LogP contribution in [0.3, 0.4) is 0 Å². The second-order valence-electron chi connectivity index (χ2n) is 5.59. The van der Waals surface area contributed by atoms with Crippen molar-refractivity contribution in [1.82, 2.24) is 14.8 Å². The molecule has 3 aromatic rings. The SMILES string of the molecule is CCn1c(SCCCOc2ccc3c(c2)OCO3)nnc1-c1cccs1. The predicted octanol–water partition coefficient (Wildman–Crippen LogP) is 4.32. The second kappa shape index (κ2) is 8.01. The van der Waals surface area contributed by atoms with Gasteiger partial charge in [-0.2, -0.15) is 0 Å². The largest absolute Gasteiger partial charge is 0.493 e. The van der Waals surface area contributed by atoms with E-state index in [9.17, 15) is 0 Å². The first kappa shape index (κ1) is 17.2. The molecule has 0 fully saturated rings. The molecule has 6 nitrogen and oxygen atoms in total. The summed E-state index contributed by atoms with van der Waals surface area (Å²) in [6.07, 6.45) is 0.921. The van der Waals surface area contributed by atoms with Crippen LogP contribution < -0.4 is 14.2 Å². The van der Waals surface area contributed by atoms with Gasteiger partial charge in [-0.3, -0.25) is 0 Å². The summed E-state index contributed by atoms with van der Waals surface area (Å²) in [5, 5.41) is 11.7. The summed E-state index contributed by atoms with van der Waals surface area (Å²) < 4.78 is 18.6. The predicted molar refractivity (Wildman–Crippen MR) is 102 cm³/mol. The molecule has 0 saturated carbocycles. The Hall–Kier alpha value is -2.19. The molecule has 1 aliphatic heterocycles. The average Bonchev–Trinajstić information content (AvgIpc) is 3.40. The number of rotatable bonds is 8. The number of aromatic nitrogens is 3. The molecule has 1 aromatic carbocycles. The number of thioether (sulfide) groups is 1. The summed E-state index contributed by atoms with van der Waals surface area (Å²) in [6, 6.07) is 9.77. The van der Waals surface area contributed by atoms with Gasteiger partial charge in [0.1, 0.15) is 5.75 Å². The normalized spacial score (nSPS) is 12.5. The summed E-state index contributed by atoms with van der Waals surface area (Å²) in [5.74, 6) is 4.19. The number of thiophene rings is 1. The topological polar surface area (TPSA) is 58.4 Å². The summed E-state index contributed by atoms with van der Waals surface area (Å²) in [7, 11) is 0. The van der Waals surface area contributed by atoms with E-state index >= 15 is 0 Å². The highest BCUT2D eigenvalue weighted by Gasteiger charge is 2.15. The number of nitrogens with zero attached hydrogens (tertiary/aromatic N) is 3. The molecule has 0 bridgehead atoms. The highest BCUT2D eigenvalue weighted by Crippen LogP contribution is 2.35. The van der Waals surface area contributed by atoms with Crippen molar-refractivity contribution >= 4 is 23.1 Å². The van der Waals surface area contributed by atoms with Gasteiger partial charge in [0, 0.05) is 18.4 Å². The van der Waals surface area contributed by atoms with Crippen molar-refractivity contribution in [1.29, 1.82) is 0 Å². The molecule has 3 heterocycles. The number of benzene rings is 1. The van der Waals surface area contributed by atoms with Crippen LogP contribution in [0, 0.1) is 0 Å². The van der Waals surface area contributed by atoms with Crippen molar-refractivity contribution in [3.05, 3.63) is 35.7 Å². The third kappa shape index (κ3) is 3.66. The van der Waals surface area contributed by atoms with E-state index in [-0.39, 0.29) is 6.79 Å². The molecule has 1 aliphatic rings. The Labute approximate surface area is 160 Å². The molecule has 0 saturated heterocycles. The number of hydrogen-bond donors (Lipinski definition) is 0. The van der Waals surface area contributed by atoms with Gasteiger partial charge in [0.25, 0.3) is 0 Å². The lowest BCUT2D eigenvalue weighted by molar-refractivity contribution is 0.173. The van der Waals surface area contributed by atoms with Crippen LogP contribution in [0.2, 0.25) is 0 Å².